The van der Waals surface area contributed by atoms with Crippen molar-refractivity contribution in [3.8, 4) is 0 Å². The number of nitrogens with two attached hydrogens (primary N) is 1. The monoisotopic (exact) mass is 170 g/mol. The molecule has 1 aromatic rings. The lowest BCUT2D eigenvalue weighted by Gasteiger charge is -1.92. The molecule has 1 aromatic heterocycles. The molecule has 64 valence electrons. The molecule has 0 aliphatic heterocycles. The Labute approximate surface area is 68.1 Å². The van der Waals surface area contributed by atoms with Gasteiger partial charge in [0.05, 0.1) is 0 Å². The van der Waals surface area contributed by atoms with E-state index in [4.69, 9.17) is 25.4 Å². The zero-order chi connectivity index (χ0) is 9.14. The molecular formula is C5H7BN2O4. The van der Waals surface area contributed by atoms with Gasteiger partial charge < -0.3 is 25.4 Å². The zero-order valence-electron chi connectivity index (χ0n) is 6.01. The minimum Gasteiger partial charge on any atom is -0.461 e. The summed E-state index contributed by atoms with van der Waals surface area (Å²) >= 11 is 0. The molecule has 0 bridgehead atoms. The highest BCUT2D eigenvalue weighted by Gasteiger charge is 2.17. The number of amidine groups is 1. The van der Waals surface area contributed by atoms with Crippen molar-refractivity contribution in [1.29, 1.82) is 0 Å². The average Bonchev–Trinajstić information content (AvgIpc) is 2.51. The Morgan fingerprint density at radius 1 is 1.50 bits per heavy atom. The SMILES string of the molecule is N/C(=N\O)c1ccc(B(O)O)o1. The van der Waals surface area contributed by atoms with Gasteiger partial charge in [-0.2, -0.15) is 0 Å². The second-order valence-corrected chi connectivity index (χ2v) is 2.06. The lowest BCUT2D eigenvalue weighted by Crippen LogP contribution is -2.28. The van der Waals surface area contributed by atoms with Crippen molar-refractivity contribution < 1.29 is 19.7 Å². The fourth-order valence-electron chi connectivity index (χ4n) is 0.679. The van der Waals surface area contributed by atoms with E-state index in [0.29, 0.717) is 0 Å². The van der Waals surface area contributed by atoms with Gasteiger partial charge in [-0.15, -0.1) is 0 Å². The third-order valence-corrected chi connectivity index (χ3v) is 1.24. The molecule has 1 heterocycles. The molecule has 0 unspecified atom stereocenters. The summed E-state index contributed by atoms with van der Waals surface area (Å²) in [6.45, 7) is 0. The third kappa shape index (κ3) is 1.58. The summed E-state index contributed by atoms with van der Waals surface area (Å²) in [5.41, 5.74) is 5.09. The van der Waals surface area contributed by atoms with Gasteiger partial charge in [-0.05, 0) is 12.1 Å². The first-order chi connectivity index (χ1) is 5.65. The van der Waals surface area contributed by atoms with Crippen LogP contribution in [0.1, 0.15) is 5.76 Å². The van der Waals surface area contributed by atoms with Gasteiger partial charge in [0.2, 0.25) is 5.84 Å². The van der Waals surface area contributed by atoms with E-state index in [0.717, 1.165) is 0 Å². The molecule has 0 atom stereocenters. The van der Waals surface area contributed by atoms with E-state index in [9.17, 15) is 0 Å². The maximum atomic E-state index is 8.61. The molecule has 12 heavy (non-hydrogen) atoms. The molecule has 1 rings (SSSR count). The van der Waals surface area contributed by atoms with Crippen LogP contribution in [0.5, 0.6) is 0 Å². The van der Waals surface area contributed by atoms with Crippen LogP contribution in [0.25, 0.3) is 0 Å². The van der Waals surface area contributed by atoms with E-state index in [-0.39, 0.29) is 17.3 Å². The lowest BCUT2D eigenvalue weighted by molar-refractivity contribution is 0.317. The Kier molecular flexibility index (Phi) is 2.36. The van der Waals surface area contributed by atoms with Gasteiger partial charge in [-0.25, -0.2) is 0 Å². The lowest BCUT2D eigenvalue weighted by atomic mass is 9.88. The molecule has 0 amide bonds. The Hall–Kier alpha value is -1.47. The van der Waals surface area contributed by atoms with Crippen molar-refractivity contribution in [2.24, 2.45) is 10.9 Å². The predicted molar refractivity (Wildman–Crippen MR) is 41.0 cm³/mol. The van der Waals surface area contributed by atoms with Crippen LogP contribution < -0.4 is 11.4 Å². The summed E-state index contributed by atoms with van der Waals surface area (Å²) in [7, 11) is -1.69. The summed E-state index contributed by atoms with van der Waals surface area (Å²) in [6, 6.07) is 2.68. The van der Waals surface area contributed by atoms with Crippen LogP contribution in [0.15, 0.2) is 21.7 Å². The normalized spacial score (nSPS) is 11.7. The van der Waals surface area contributed by atoms with Crippen LogP contribution in [0, 0.1) is 0 Å². The number of oxime groups is 1. The van der Waals surface area contributed by atoms with Crippen LogP contribution in [0.4, 0.5) is 0 Å². The summed E-state index contributed by atoms with van der Waals surface area (Å²) in [4.78, 5) is 0. The third-order valence-electron chi connectivity index (χ3n) is 1.24. The number of furan rings is 1. The molecule has 0 aliphatic carbocycles. The molecule has 0 spiro atoms. The van der Waals surface area contributed by atoms with Gasteiger partial charge in [0.25, 0.3) is 0 Å². The van der Waals surface area contributed by atoms with E-state index in [1.165, 1.54) is 12.1 Å². The topological polar surface area (TPSA) is 112 Å². The summed E-state index contributed by atoms with van der Waals surface area (Å²) in [6.07, 6.45) is 0. The van der Waals surface area contributed by atoms with Crippen LogP contribution in [-0.4, -0.2) is 28.2 Å². The minimum atomic E-state index is -1.69. The van der Waals surface area contributed by atoms with Crippen LogP contribution in [0.2, 0.25) is 0 Å². The van der Waals surface area contributed by atoms with Crippen molar-refractivity contribution in [2.45, 2.75) is 0 Å². The molecule has 0 fully saturated rings. The first kappa shape index (κ1) is 8.63. The quantitative estimate of drug-likeness (QED) is 0.135. The van der Waals surface area contributed by atoms with Crippen molar-refractivity contribution in [1.82, 2.24) is 0 Å². The van der Waals surface area contributed by atoms with Gasteiger partial charge in [0.15, 0.2) is 5.76 Å². The number of nitrogens with zero attached hydrogens (tertiary/aromatic N) is 1. The van der Waals surface area contributed by atoms with Crippen LogP contribution >= 0.6 is 0 Å². The maximum Gasteiger partial charge on any atom is 0.526 e. The Morgan fingerprint density at radius 2 is 2.17 bits per heavy atom. The van der Waals surface area contributed by atoms with Gasteiger partial charge in [-0.3, -0.25) is 0 Å². The Morgan fingerprint density at radius 3 is 2.58 bits per heavy atom. The first-order valence-electron chi connectivity index (χ1n) is 3.09. The smallest absolute Gasteiger partial charge is 0.461 e. The number of rotatable bonds is 2. The predicted octanol–water partition coefficient (Wildman–Crippen LogP) is -1.95. The van der Waals surface area contributed by atoms with Gasteiger partial charge in [0.1, 0.15) is 5.66 Å². The van der Waals surface area contributed by atoms with Crippen LogP contribution in [0.3, 0.4) is 0 Å². The van der Waals surface area contributed by atoms with Crippen LogP contribution in [-0.2, 0) is 0 Å². The molecule has 0 radical (unpaired) electrons. The van der Waals surface area contributed by atoms with E-state index in [1.54, 1.807) is 0 Å². The highest BCUT2D eigenvalue weighted by molar-refractivity contribution is 6.57. The van der Waals surface area contributed by atoms with E-state index in [1.807, 2.05) is 0 Å². The van der Waals surface area contributed by atoms with Crippen molar-refractivity contribution in [2.75, 3.05) is 0 Å². The summed E-state index contributed by atoms with van der Waals surface area (Å²) < 4.78 is 4.78. The highest BCUT2D eigenvalue weighted by atomic mass is 16.4. The Bertz CT molecular complexity index is 295. The van der Waals surface area contributed by atoms with Gasteiger partial charge in [-0.1, -0.05) is 5.16 Å². The Balaban J connectivity index is 2.92. The summed E-state index contributed by atoms with van der Waals surface area (Å²) in [5, 5.41) is 28.1. The molecule has 0 saturated heterocycles. The fraction of sp³-hybridized carbons (Fsp3) is 0. The second kappa shape index (κ2) is 3.29. The highest BCUT2D eigenvalue weighted by Crippen LogP contribution is 1.97. The van der Waals surface area contributed by atoms with Crippen molar-refractivity contribution in [3.63, 3.8) is 0 Å². The largest absolute Gasteiger partial charge is 0.526 e. The number of hydrogen-bond acceptors (Lipinski definition) is 5. The fourth-order valence-corrected chi connectivity index (χ4v) is 0.679. The van der Waals surface area contributed by atoms with E-state index < -0.39 is 7.12 Å². The molecule has 5 N–H and O–H groups in total. The minimum absolute atomic E-state index is 0.0587. The number of hydrogen-bond donors (Lipinski definition) is 4. The van der Waals surface area contributed by atoms with Crippen molar-refractivity contribution >= 4 is 18.6 Å². The average molecular weight is 170 g/mol. The van der Waals surface area contributed by atoms with Gasteiger partial charge >= 0.3 is 7.12 Å². The van der Waals surface area contributed by atoms with E-state index in [2.05, 4.69) is 5.16 Å². The van der Waals surface area contributed by atoms with Gasteiger partial charge in [0, 0.05) is 0 Å². The maximum absolute atomic E-state index is 8.61. The molecular weight excluding hydrogens is 163 g/mol. The zero-order valence-corrected chi connectivity index (χ0v) is 6.01. The molecule has 7 heteroatoms. The molecule has 0 aliphatic rings. The summed E-state index contributed by atoms with van der Waals surface area (Å²) in [5.74, 6) is -0.137. The molecule has 0 saturated carbocycles. The molecule has 0 aromatic carbocycles. The molecule has 6 nitrogen and oxygen atoms in total. The van der Waals surface area contributed by atoms with E-state index >= 15 is 0 Å². The second-order valence-electron chi connectivity index (χ2n) is 2.06. The first-order valence-corrected chi connectivity index (χ1v) is 3.09. The van der Waals surface area contributed by atoms with Crippen molar-refractivity contribution in [3.05, 3.63) is 17.9 Å². The standard InChI is InChI=1S/C5H7BN2O4/c7-5(8-11)3-1-2-4(12-3)6(9)10/h1-2,9-11H,(H2,7,8).